The normalized spacial score (nSPS) is 22.5. The third kappa shape index (κ3) is 5.44. The molecular formula is C25H36N2O3. The summed E-state index contributed by atoms with van der Waals surface area (Å²) in [7, 11) is 0. The molecule has 5 nitrogen and oxygen atoms in total. The number of anilines is 1. The predicted octanol–water partition coefficient (Wildman–Crippen LogP) is 6.17. The average Bonchev–Trinajstić information content (AvgIpc) is 3.14. The van der Waals surface area contributed by atoms with Crippen molar-refractivity contribution < 1.29 is 13.9 Å². The van der Waals surface area contributed by atoms with Gasteiger partial charge in [-0.05, 0) is 23.7 Å². The van der Waals surface area contributed by atoms with Gasteiger partial charge in [-0.25, -0.2) is 4.98 Å². The molecule has 1 N–H and O–H groups in total. The van der Waals surface area contributed by atoms with Crippen LogP contribution >= 0.6 is 0 Å². The van der Waals surface area contributed by atoms with E-state index in [1.54, 1.807) is 6.20 Å². The minimum absolute atomic E-state index is 0.0406. The van der Waals surface area contributed by atoms with Gasteiger partial charge in [0.25, 0.3) is 6.01 Å². The van der Waals surface area contributed by atoms with Gasteiger partial charge in [-0.1, -0.05) is 78.3 Å². The molecule has 1 aromatic heterocycles. The highest BCUT2D eigenvalue weighted by atomic mass is 16.5. The SMILES string of the molecule is CC(C)(C)C1CCCC(C(C)(C)C)C1OC(=O)CNc1ncc(-c2ccccc2)o1. The molecule has 0 radical (unpaired) electrons. The molecule has 0 aliphatic heterocycles. The summed E-state index contributed by atoms with van der Waals surface area (Å²) in [6.07, 6.45) is 4.98. The van der Waals surface area contributed by atoms with E-state index >= 15 is 0 Å². The number of carbonyl (C=O) groups excluding carboxylic acids is 1. The lowest BCUT2D eigenvalue weighted by Gasteiger charge is -2.48. The van der Waals surface area contributed by atoms with E-state index in [1.807, 2.05) is 30.3 Å². The highest BCUT2D eigenvalue weighted by Gasteiger charge is 2.45. The lowest BCUT2D eigenvalue weighted by molar-refractivity contribution is -0.164. The van der Waals surface area contributed by atoms with Gasteiger partial charge >= 0.3 is 5.97 Å². The van der Waals surface area contributed by atoms with Crippen molar-refractivity contribution in [2.45, 2.75) is 66.9 Å². The molecule has 2 atom stereocenters. The predicted molar refractivity (Wildman–Crippen MR) is 120 cm³/mol. The highest BCUT2D eigenvalue weighted by molar-refractivity contribution is 5.74. The number of hydrogen-bond acceptors (Lipinski definition) is 5. The minimum atomic E-state index is -0.259. The standard InChI is InChI=1S/C25H36N2O3/c1-24(2,3)18-13-10-14-19(25(4,5)6)22(18)30-21(28)16-27-23-26-15-20(29-23)17-11-8-7-9-12-17/h7-9,11-12,15,18-19,22H,10,13-14,16H2,1-6H3,(H,26,27). The molecule has 2 unspecified atom stereocenters. The summed E-state index contributed by atoms with van der Waals surface area (Å²) < 4.78 is 11.8. The number of hydrogen-bond donors (Lipinski definition) is 1. The molecule has 3 rings (SSSR count). The van der Waals surface area contributed by atoms with Gasteiger partial charge in [-0.3, -0.25) is 4.79 Å². The summed E-state index contributed by atoms with van der Waals surface area (Å²) in [6, 6.07) is 10.1. The van der Waals surface area contributed by atoms with Crippen molar-refractivity contribution in [1.82, 2.24) is 4.98 Å². The summed E-state index contributed by atoms with van der Waals surface area (Å²) in [4.78, 5) is 17.0. The largest absolute Gasteiger partial charge is 0.460 e. The number of carbonyl (C=O) groups is 1. The van der Waals surface area contributed by atoms with Gasteiger partial charge in [0.05, 0.1) is 6.20 Å². The summed E-state index contributed by atoms with van der Waals surface area (Å²) in [5, 5.41) is 2.98. The molecular weight excluding hydrogens is 376 g/mol. The van der Waals surface area contributed by atoms with Crippen LogP contribution in [0.3, 0.4) is 0 Å². The summed E-state index contributed by atoms with van der Waals surface area (Å²) >= 11 is 0. The second kappa shape index (κ2) is 8.83. The summed E-state index contributed by atoms with van der Waals surface area (Å²) in [5.74, 6) is 1.11. The lowest BCUT2D eigenvalue weighted by Crippen LogP contribution is -2.48. The monoisotopic (exact) mass is 412 g/mol. The van der Waals surface area contributed by atoms with E-state index in [0.717, 1.165) is 18.4 Å². The molecule has 1 saturated carbocycles. The van der Waals surface area contributed by atoms with Crippen LogP contribution in [0.25, 0.3) is 11.3 Å². The molecule has 1 aromatic carbocycles. The Hall–Kier alpha value is -2.30. The quantitative estimate of drug-likeness (QED) is 0.595. The molecule has 0 bridgehead atoms. The van der Waals surface area contributed by atoms with Crippen molar-refractivity contribution in [1.29, 1.82) is 0 Å². The van der Waals surface area contributed by atoms with Crippen LogP contribution in [0, 0.1) is 22.7 Å². The van der Waals surface area contributed by atoms with Crippen molar-refractivity contribution in [2.24, 2.45) is 22.7 Å². The summed E-state index contributed by atoms with van der Waals surface area (Å²) in [6.45, 7) is 13.5. The molecule has 1 aliphatic carbocycles. The third-order valence-corrected chi connectivity index (χ3v) is 6.26. The maximum atomic E-state index is 12.8. The fraction of sp³-hybridized carbons (Fsp3) is 0.600. The van der Waals surface area contributed by atoms with Crippen molar-refractivity contribution in [3.05, 3.63) is 36.5 Å². The van der Waals surface area contributed by atoms with Crippen molar-refractivity contribution in [3.63, 3.8) is 0 Å². The number of nitrogens with one attached hydrogen (secondary N) is 1. The Morgan fingerprint density at radius 2 is 1.67 bits per heavy atom. The van der Waals surface area contributed by atoms with Gasteiger partial charge in [-0.15, -0.1) is 0 Å². The smallest absolute Gasteiger partial charge is 0.325 e. The number of esters is 1. The van der Waals surface area contributed by atoms with Crippen molar-refractivity contribution in [2.75, 3.05) is 11.9 Å². The van der Waals surface area contributed by atoms with Crippen LogP contribution in [-0.2, 0) is 9.53 Å². The van der Waals surface area contributed by atoms with Crippen LogP contribution in [0.15, 0.2) is 40.9 Å². The molecule has 2 aromatic rings. The van der Waals surface area contributed by atoms with Crippen LogP contribution < -0.4 is 5.32 Å². The average molecular weight is 413 g/mol. The highest BCUT2D eigenvalue weighted by Crippen LogP contribution is 2.47. The maximum Gasteiger partial charge on any atom is 0.325 e. The molecule has 30 heavy (non-hydrogen) atoms. The van der Waals surface area contributed by atoms with Crippen LogP contribution in [0.1, 0.15) is 60.8 Å². The number of benzene rings is 1. The Balaban J connectivity index is 1.65. The van der Waals surface area contributed by atoms with Crippen LogP contribution in [-0.4, -0.2) is 23.6 Å². The van der Waals surface area contributed by atoms with Gasteiger partial charge in [0.1, 0.15) is 12.6 Å². The molecule has 1 heterocycles. The van der Waals surface area contributed by atoms with Crippen molar-refractivity contribution in [3.8, 4) is 11.3 Å². The van der Waals surface area contributed by atoms with E-state index < -0.39 is 0 Å². The minimum Gasteiger partial charge on any atom is -0.460 e. The van der Waals surface area contributed by atoms with Crippen LogP contribution in [0.5, 0.6) is 0 Å². The lowest BCUT2D eigenvalue weighted by atomic mass is 9.61. The molecule has 0 saturated heterocycles. The number of ether oxygens (including phenoxy) is 1. The molecule has 1 aliphatic rings. The molecule has 0 amide bonds. The zero-order valence-electron chi connectivity index (χ0n) is 19.2. The molecule has 1 fully saturated rings. The van der Waals surface area contributed by atoms with Crippen molar-refractivity contribution >= 4 is 12.0 Å². The zero-order chi connectivity index (χ0) is 21.9. The Bertz CT molecular complexity index is 808. The first kappa shape index (κ1) is 22.4. The number of nitrogens with zero attached hydrogens (tertiary/aromatic N) is 1. The van der Waals surface area contributed by atoms with Gasteiger partial charge < -0.3 is 14.5 Å². The van der Waals surface area contributed by atoms with Gasteiger partial charge in [0.15, 0.2) is 5.76 Å². The fourth-order valence-corrected chi connectivity index (χ4v) is 4.62. The second-order valence-electron chi connectivity index (χ2n) is 10.6. The first-order chi connectivity index (χ1) is 14.1. The Labute approximate surface area is 180 Å². The van der Waals surface area contributed by atoms with Gasteiger partial charge in [-0.2, -0.15) is 0 Å². The van der Waals surface area contributed by atoms with Gasteiger partial charge in [0, 0.05) is 17.4 Å². The van der Waals surface area contributed by atoms with E-state index in [0.29, 0.717) is 23.6 Å². The van der Waals surface area contributed by atoms with E-state index in [4.69, 9.17) is 9.15 Å². The van der Waals surface area contributed by atoms with E-state index in [2.05, 4.69) is 51.8 Å². The number of rotatable bonds is 5. The second-order valence-corrected chi connectivity index (χ2v) is 10.6. The third-order valence-electron chi connectivity index (χ3n) is 6.26. The van der Waals surface area contributed by atoms with E-state index in [1.165, 1.54) is 6.42 Å². The zero-order valence-corrected chi connectivity index (χ0v) is 19.2. The molecule has 5 heteroatoms. The molecule has 164 valence electrons. The number of oxazole rings is 1. The summed E-state index contributed by atoms with van der Waals surface area (Å²) in [5.41, 5.74) is 1.13. The number of aromatic nitrogens is 1. The first-order valence-electron chi connectivity index (χ1n) is 11.0. The Kier molecular flexibility index (Phi) is 6.59. The Morgan fingerprint density at radius 3 is 2.23 bits per heavy atom. The Morgan fingerprint density at radius 1 is 1.07 bits per heavy atom. The molecule has 0 spiro atoms. The van der Waals surface area contributed by atoms with E-state index in [-0.39, 0.29) is 29.4 Å². The van der Waals surface area contributed by atoms with Gasteiger partial charge in [0.2, 0.25) is 0 Å². The van der Waals surface area contributed by atoms with Crippen LogP contribution in [0.4, 0.5) is 6.01 Å². The fourth-order valence-electron chi connectivity index (χ4n) is 4.62. The maximum absolute atomic E-state index is 12.8. The first-order valence-corrected chi connectivity index (χ1v) is 11.0. The van der Waals surface area contributed by atoms with E-state index in [9.17, 15) is 4.79 Å². The van der Waals surface area contributed by atoms with Crippen LogP contribution in [0.2, 0.25) is 0 Å². The topological polar surface area (TPSA) is 64.4 Å².